The van der Waals surface area contributed by atoms with E-state index in [1.807, 2.05) is 18.2 Å². The molecule has 2 heterocycles. The lowest BCUT2D eigenvalue weighted by Crippen LogP contribution is -2.22. The molecule has 0 radical (unpaired) electrons. The van der Waals surface area contributed by atoms with Gasteiger partial charge in [0.1, 0.15) is 0 Å². The fourth-order valence-corrected chi connectivity index (χ4v) is 2.15. The molecule has 0 saturated heterocycles. The molecule has 6 nitrogen and oxygen atoms in total. The Hall–Kier alpha value is -3.15. The van der Waals surface area contributed by atoms with E-state index in [1.165, 1.54) is 18.3 Å². The van der Waals surface area contributed by atoms with Crippen molar-refractivity contribution in [3.05, 3.63) is 71.5 Å². The fourth-order valence-electron chi connectivity index (χ4n) is 2.15. The fraction of sp³-hybridized carbons (Fsp3) is 0.0625. The number of carbonyl (C=O) groups is 2. The van der Waals surface area contributed by atoms with Gasteiger partial charge in [0.2, 0.25) is 0 Å². The molecule has 1 amide bonds. The van der Waals surface area contributed by atoms with Gasteiger partial charge in [0.05, 0.1) is 22.8 Å². The number of benzene rings is 1. The second-order valence-corrected chi connectivity index (χ2v) is 4.77. The van der Waals surface area contributed by atoms with Crippen molar-refractivity contribution in [2.24, 2.45) is 0 Å². The highest BCUT2D eigenvalue weighted by Gasteiger charge is 2.11. The zero-order valence-corrected chi connectivity index (χ0v) is 11.6. The largest absolute Gasteiger partial charge is 0.478 e. The van der Waals surface area contributed by atoms with Gasteiger partial charge in [0.15, 0.2) is 0 Å². The van der Waals surface area contributed by atoms with Gasteiger partial charge >= 0.3 is 5.97 Å². The van der Waals surface area contributed by atoms with Crippen molar-refractivity contribution in [1.29, 1.82) is 0 Å². The first-order chi connectivity index (χ1) is 10.6. The summed E-state index contributed by atoms with van der Waals surface area (Å²) in [6.07, 6.45) is 3.30. The Morgan fingerprint density at radius 3 is 2.64 bits per heavy atom. The zero-order chi connectivity index (χ0) is 15.5. The van der Waals surface area contributed by atoms with Crippen LogP contribution in [0.15, 0.2) is 54.9 Å². The molecule has 110 valence electrons. The SMILES string of the molecule is O=C(O)c1ccc(CNC(=O)c2cnn3ccccc23)cc1. The van der Waals surface area contributed by atoms with Crippen LogP contribution in [0.25, 0.3) is 5.52 Å². The number of hydrogen-bond acceptors (Lipinski definition) is 3. The van der Waals surface area contributed by atoms with Gasteiger partial charge in [-0.3, -0.25) is 4.79 Å². The van der Waals surface area contributed by atoms with Crippen LogP contribution in [-0.4, -0.2) is 26.6 Å². The number of hydrogen-bond donors (Lipinski definition) is 2. The number of aromatic carboxylic acids is 1. The van der Waals surface area contributed by atoms with E-state index >= 15 is 0 Å². The first-order valence-corrected chi connectivity index (χ1v) is 6.68. The monoisotopic (exact) mass is 295 g/mol. The van der Waals surface area contributed by atoms with E-state index in [2.05, 4.69) is 10.4 Å². The molecule has 0 aliphatic carbocycles. The van der Waals surface area contributed by atoms with Crippen molar-refractivity contribution in [2.75, 3.05) is 0 Å². The number of fused-ring (bicyclic) bond motifs is 1. The molecule has 0 aliphatic heterocycles. The lowest BCUT2D eigenvalue weighted by atomic mass is 10.1. The van der Waals surface area contributed by atoms with E-state index in [-0.39, 0.29) is 11.5 Å². The second-order valence-electron chi connectivity index (χ2n) is 4.77. The third kappa shape index (κ3) is 2.67. The Balaban J connectivity index is 1.71. The number of pyridine rings is 1. The van der Waals surface area contributed by atoms with Gasteiger partial charge < -0.3 is 10.4 Å². The number of carboxylic acid groups (broad SMARTS) is 1. The summed E-state index contributed by atoms with van der Waals surface area (Å²) in [6, 6.07) is 11.9. The van der Waals surface area contributed by atoms with E-state index in [0.29, 0.717) is 12.1 Å². The molecule has 1 aromatic carbocycles. The van der Waals surface area contributed by atoms with Crippen LogP contribution in [0.2, 0.25) is 0 Å². The summed E-state index contributed by atoms with van der Waals surface area (Å²) < 4.78 is 1.64. The number of aromatic nitrogens is 2. The Bertz CT molecular complexity index is 837. The van der Waals surface area contributed by atoms with Crippen LogP contribution in [0, 0.1) is 0 Å². The normalized spacial score (nSPS) is 10.5. The molecule has 2 N–H and O–H groups in total. The Morgan fingerprint density at radius 2 is 1.91 bits per heavy atom. The van der Waals surface area contributed by atoms with Crippen molar-refractivity contribution in [1.82, 2.24) is 14.9 Å². The summed E-state index contributed by atoms with van der Waals surface area (Å²) in [5, 5.41) is 15.8. The summed E-state index contributed by atoms with van der Waals surface area (Å²) in [6.45, 7) is 0.322. The van der Waals surface area contributed by atoms with Gasteiger partial charge in [0, 0.05) is 12.7 Å². The molecule has 6 heteroatoms. The first-order valence-electron chi connectivity index (χ1n) is 6.68. The molecule has 2 aromatic heterocycles. The quantitative estimate of drug-likeness (QED) is 0.770. The van der Waals surface area contributed by atoms with E-state index in [4.69, 9.17) is 5.11 Å². The van der Waals surface area contributed by atoms with Crippen molar-refractivity contribution >= 4 is 17.4 Å². The maximum absolute atomic E-state index is 12.2. The van der Waals surface area contributed by atoms with E-state index in [9.17, 15) is 9.59 Å². The summed E-state index contributed by atoms with van der Waals surface area (Å²) >= 11 is 0. The molecule has 0 spiro atoms. The minimum atomic E-state index is -0.970. The third-order valence-electron chi connectivity index (χ3n) is 3.33. The highest BCUT2D eigenvalue weighted by atomic mass is 16.4. The Kier molecular flexibility index (Phi) is 3.57. The Morgan fingerprint density at radius 1 is 1.14 bits per heavy atom. The zero-order valence-electron chi connectivity index (χ0n) is 11.6. The minimum Gasteiger partial charge on any atom is -0.478 e. The average Bonchev–Trinajstić information content (AvgIpc) is 2.97. The molecule has 0 unspecified atom stereocenters. The minimum absolute atomic E-state index is 0.219. The number of nitrogens with one attached hydrogen (secondary N) is 1. The van der Waals surface area contributed by atoms with E-state index in [1.54, 1.807) is 22.8 Å². The summed E-state index contributed by atoms with van der Waals surface area (Å²) in [5.74, 6) is -1.19. The first kappa shape index (κ1) is 13.8. The lowest BCUT2D eigenvalue weighted by Gasteiger charge is -2.05. The standard InChI is InChI=1S/C16H13N3O3/c20-15(13-10-18-19-8-2-1-3-14(13)19)17-9-11-4-6-12(7-5-11)16(21)22/h1-8,10H,9H2,(H,17,20)(H,21,22). The maximum Gasteiger partial charge on any atom is 0.335 e. The maximum atomic E-state index is 12.2. The average molecular weight is 295 g/mol. The van der Waals surface area contributed by atoms with E-state index < -0.39 is 5.97 Å². The van der Waals surface area contributed by atoms with Crippen LogP contribution < -0.4 is 5.32 Å². The van der Waals surface area contributed by atoms with Crippen molar-refractivity contribution in [3.63, 3.8) is 0 Å². The predicted molar refractivity (Wildman–Crippen MR) is 79.8 cm³/mol. The van der Waals surface area contributed by atoms with Gasteiger partial charge in [0.25, 0.3) is 5.91 Å². The van der Waals surface area contributed by atoms with Crippen molar-refractivity contribution in [2.45, 2.75) is 6.54 Å². The van der Waals surface area contributed by atoms with Crippen LogP contribution in [-0.2, 0) is 6.54 Å². The van der Waals surface area contributed by atoms with Crippen LogP contribution in [0.4, 0.5) is 0 Å². The highest BCUT2D eigenvalue weighted by Crippen LogP contribution is 2.10. The summed E-state index contributed by atoms with van der Waals surface area (Å²) in [7, 11) is 0. The van der Waals surface area contributed by atoms with Gasteiger partial charge in [-0.15, -0.1) is 0 Å². The number of carbonyl (C=O) groups excluding carboxylic acids is 1. The van der Waals surface area contributed by atoms with Crippen LogP contribution in [0.3, 0.4) is 0 Å². The molecular formula is C16H13N3O3. The molecule has 0 saturated carbocycles. The lowest BCUT2D eigenvalue weighted by molar-refractivity contribution is 0.0696. The summed E-state index contributed by atoms with van der Waals surface area (Å²) in [5.41, 5.74) is 2.29. The number of nitrogens with zero attached hydrogens (tertiary/aromatic N) is 2. The van der Waals surface area contributed by atoms with Gasteiger partial charge in [-0.25, -0.2) is 9.31 Å². The number of rotatable bonds is 4. The van der Waals surface area contributed by atoms with E-state index in [0.717, 1.165) is 11.1 Å². The molecular weight excluding hydrogens is 282 g/mol. The molecule has 22 heavy (non-hydrogen) atoms. The predicted octanol–water partition coefficient (Wildman–Crippen LogP) is 1.96. The number of carboxylic acids is 1. The number of amides is 1. The van der Waals surface area contributed by atoms with Crippen LogP contribution in [0.1, 0.15) is 26.3 Å². The Labute approximate surface area is 126 Å². The van der Waals surface area contributed by atoms with Crippen molar-refractivity contribution < 1.29 is 14.7 Å². The molecule has 3 aromatic rings. The van der Waals surface area contributed by atoms with Crippen LogP contribution >= 0.6 is 0 Å². The second kappa shape index (κ2) is 5.69. The smallest absolute Gasteiger partial charge is 0.335 e. The molecule has 0 bridgehead atoms. The van der Waals surface area contributed by atoms with Gasteiger partial charge in [-0.1, -0.05) is 18.2 Å². The topological polar surface area (TPSA) is 83.7 Å². The van der Waals surface area contributed by atoms with Gasteiger partial charge in [-0.2, -0.15) is 5.10 Å². The molecule has 0 aliphatic rings. The molecule has 0 fully saturated rings. The van der Waals surface area contributed by atoms with Gasteiger partial charge in [-0.05, 0) is 29.8 Å². The van der Waals surface area contributed by atoms with Crippen LogP contribution in [0.5, 0.6) is 0 Å². The molecule has 3 rings (SSSR count). The van der Waals surface area contributed by atoms with Crippen molar-refractivity contribution in [3.8, 4) is 0 Å². The third-order valence-corrected chi connectivity index (χ3v) is 3.33. The summed E-state index contributed by atoms with van der Waals surface area (Å²) in [4.78, 5) is 23.0. The molecule has 0 atom stereocenters. The highest BCUT2D eigenvalue weighted by molar-refractivity contribution is 6.00.